The van der Waals surface area contributed by atoms with Gasteiger partial charge in [0.1, 0.15) is 0 Å². The fourth-order valence-corrected chi connectivity index (χ4v) is 1.88. The molecule has 3 N–H and O–H groups in total. The van der Waals surface area contributed by atoms with Crippen molar-refractivity contribution in [2.24, 2.45) is 11.1 Å². The van der Waals surface area contributed by atoms with Crippen LogP contribution in [0.15, 0.2) is 18.2 Å². The van der Waals surface area contributed by atoms with E-state index in [9.17, 15) is 5.11 Å². The van der Waals surface area contributed by atoms with Crippen LogP contribution in [0.3, 0.4) is 0 Å². The Labute approximate surface area is 98.5 Å². The minimum absolute atomic E-state index is 0.238. The van der Waals surface area contributed by atoms with E-state index in [1.54, 1.807) is 0 Å². The third-order valence-electron chi connectivity index (χ3n) is 3.66. The fourth-order valence-electron chi connectivity index (χ4n) is 1.88. The van der Waals surface area contributed by atoms with Crippen LogP contribution in [0.1, 0.15) is 43.1 Å². The van der Waals surface area contributed by atoms with Gasteiger partial charge in [-0.25, -0.2) is 0 Å². The smallest absolute Gasteiger partial charge is 0.0858 e. The standard InChI is InChI=1S/C14H23NO/c1-5-14(4,9-15)13(16)12-8-10(2)6-7-11(12)3/h6-8,13,16H,5,9,15H2,1-4H3. The van der Waals surface area contributed by atoms with Gasteiger partial charge in [0.2, 0.25) is 0 Å². The summed E-state index contributed by atoms with van der Waals surface area (Å²) < 4.78 is 0. The highest BCUT2D eigenvalue weighted by Crippen LogP contribution is 2.37. The first-order valence-corrected chi connectivity index (χ1v) is 5.90. The van der Waals surface area contributed by atoms with Gasteiger partial charge in [-0.1, -0.05) is 37.6 Å². The monoisotopic (exact) mass is 221 g/mol. The molecular formula is C14H23NO. The molecule has 90 valence electrons. The van der Waals surface area contributed by atoms with Gasteiger partial charge < -0.3 is 10.8 Å². The van der Waals surface area contributed by atoms with Gasteiger partial charge in [0, 0.05) is 12.0 Å². The van der Waals surface area contributed by atoms with Crippen molar-refractivity contribution in [1.82, 2.24) is 0 Å². The van der Waals surface area contributed by atoms with Crippen molar-refractivity contribution < 1.29 is 5.11 Å². The molecule has 0 heterocycles. The summed E-state index contributed by atoms with van der Waals surface area (Å²) in [5.74, 6) is 0. The fraction of sp³-hybridized carbons (Fsp3) is 0.571. The SMILES string of the molecule is CCC(C)(CN)C(O)c1cc(C)ccc1C. The zero-order chi connectivity index (χ0) is 12.3. The molecule has 0 aliphatic heterocycles. The number of hydrogen-bond acceptors (Lipinski definition) is 2. The quantitative estimate of drug-likeness (QED) is 0.821. The van der Waals surface area contributed by atoms with Crippen molar-refractivity contribution in [3.05, 3.63) is 34.9 Å². The van der Waals surface area contributed by atoms with Crippen molar-refractivity contribution in [2.75, 3.05) is 6.54 Å². The van der Waals surface area contributed by atoms with E-state index in [1.807, 2.05) is 20.8 Å². The first-order chi connectivity index (χ1) is 7.44. The molecule has 16 heavy (non-hydrogen) atoms. The highest BCUT2D eigenvalue weighted by atomic mass is 16.3. The van der Waals surface area contributed by atoms with E-state index in [-0.39, 0.29) is 5.41 Å². The normalized spacial score (nSPS) is 16.9. The second-order valence-electron chi connectivity index (χ2n) is 4.97. The summed E-state index contributed by atoms with van der Waals surface area (Å²) in [6.45, 7) is 8.69. The highest BCUT2D eigenvalue weighted by Gasteiger charge is 2.31. The van der Waals surface area contributed by atoms with E-state index >= 15 is 0 Å². The van der Waals surface area contributed by atoms with Gasteiger partial charge in [0.25, 0.3) is 0 Å². The van der Waals surface area contributed by atoms with Gasteiger partial charge >= 0.3 is 0 Å². The Balaban J connectivity index is 3.12. The van der Waals surface area contributed by atoms with Crippen LogP contribution in [0.5, 0.6) is 0 Å². The largest absolute Gasteiger partial charge is 0.388 e. The molecule has 0 saturated carbocycles. The molecular weight excluding hydrogens is 198 g/mol. The van der Waals surface area contributed by atoms with E-state index in [0.29, 0.717) is 6.54 Å². The Morgan fingerprint density at radius 1 is 1.38 bits per heavy atom. The van der Waals surface area contributed by atoms with Crippen molar-refractivity contribution in [3.63, 3.8) is 0 Å². The average Bonchev–Trinajstić information content (AvgIpc) is 2.30. The summed E-state index contributed by atoms with van der Waals surface area (Å²) in [5, 5.41) is 10.5. The van der Waals surface area contributed by atoms with Crippen molar-refractivity contribution in [3.8, 4) is 0 Å². The van der Waals surface area contributed by atoms with Crippen LogP contribution in [0.4, 0.5) is 0 Å². The van der Waals surface area contributed by atoms with E-state index in [0.717, 1.165) is 17.5 Å². The number of hydrogen-bond donors (Lipinski definition) is 2. The first-order valence-electron chi connectivity index (χ1n) is 5.90. The average molecular weight is 221 g/mol. The lowest BCUT2D eigenvalue weighted by molar-refractivity contribution is 0.0386. The summed E-state index contributed by atoms with van der Waals surface area (Å²) >= 11 is 0. The van der Waals surface area contributed by atoms with E-state index in [2.05, 4.69) is 25.1 Å². The Kier molecular flexibility index (Phi) is 4.11. The minimum Gasteiger partial charge on any atom is -0.388 e. The van der Waals surface area contributed by atoms with Crippen molar-refractivity contribution >= 4 is 0 Å². The minimum atomic E-state index is -0.484. The maximum atomic E-state index is 10.5. The molecule has 2 atom stereocenters. The molecule has 1 aromatic carbocycles. The summed E-state index contributed by atoms with van der Waals surface area (Å²) in [7, 11) is 0. The molecule has 0 aliphatic carbocycles. The Hall–Kier alpha value is -0.860. The molecule has 0 amide bonds. The van der Waals surface area contributed by atoms with Crippen LogP contribution < -0.4 is 5.73 Å². The predicted molar refractivity (Wildman–Crippen MR) is 68.3 cm³/mol. The van der Waals surface area contributed by atoms with Crippen LogP contribution >= 0.6 is 0 Å². The van der Waals surface area contributed by atoms with E-state index < -0.39 is 6.10 Å². The van der Waals surface area contributed by atoms with Gasteiger partial charge in [0.05, 0.1) is 6.10 Å². The molecule has 0 bridgehead atoms. The molecule has 0 spiro atoms. The molecule has 2 unspecified atom stereocenters. The predicted octanol–water partition coefficient (Wildman–Crippen LogP) is 2.71. The van der Waals surface area contributed by atoms with Crippen LogP contribution in [0.2, 0.25) is 0 Å². The molecule has 0 radical (unpaired) electrons. The number of benzene rings is 1. The van der Waals surface area contributed by atoms with Crippen LogP contribution in [0.25, 0.3) is 0 Å². The third kappa shape index (κ3) is 2.45. The highest BCUT2D eigenvalue weighted by molar-refractivity contribution is 5.33. The summed E-state index contributed by atoms with van der Waals surface area (Å²) in [6.07, 6.45) is 0.389. The van der Waals surface area contributed by atoms with Gasteiger partial charge in [-0.2, -0.15) is 0 Å². The lowest BCUT2D eigenvalue weighted by Crippen LogP contribution is -2.33. The van der Waals surface area contributed by atoms with Crippen LogP contribution in [-0.4, -0.2) is 11.7 Å². The number of aryl methyl sites for hydroxylation is 2. The Morgan fingerprint density at radius 2 is 2.00 bits per heavy atom. The van der Waals surface area contributed by atoms with E-state index in [4.69, 9.17) is 5.73 Å². The number of aliphatic hydroxyl groups is 1. The molecule has 1 aromatic rings. The number of rotatable bonds is 4. The second-order valence-corrected chi connectivity index (χ2v) is 4.97. The lowest BCUT2D eigenvalue weighted by Gasteiger charge is -2.33. The Bertz CT molecular complexity index is 356. The molecule has 0 aliphatic rings. The van der Waals surface area contributed by atoms with Crippen molar-refractivity contribution in [2.45, 2.75) is 40.2 Å². The molecule has 0 fully saturated rings. The summed E-state index contributed by atoms with van der Waals surface area (Å²) in [6, 6.07) is 6.18. The van der Waals surface area contributed by atoms with Crippen LogP contribution in [0, 0.1) is 19.3 Å². The number of nitrogens with two attached hydrogens (primary N) is 1. The topological polar surface area (TPSA) is 46.2 Å². The van der Waals surface area contributed by atoms with Crippen LogP contribution in [-0.2, 0) is 0 Å². The molecule has 0 aromatic heterocycles. The van der Waals surface area contributed by atoms with Gasteiger partial charge in [-0.15, -0.1) is 0 Å². The van der Waals surface area contributed by atoms with Gasteiger partial charge in [-0.05, 0) is 31.4 Å². The molecule has 2 nitrogen and oxygen atoms in total. The van der Waals surface area contributed by atoms with E-state index in [1.165, 1.54) is 5.56 Å². The zero-order valence-corrected chi connectivity index (χ0v) is 10.7. The molecule has 1 rings (SSSR count). The van der Waals surface area contributed by atoms with Crippen molar-refractivity contribution in [1.29, 1.82) is 0 Å². The maximum Gasteiger partial charge on any atom is 0.0858 e. The van der Waals surface area contributed by atoms with Gasteiger partial charge in [-0.3, -0.25) is 0 Å². The summed E-state index contributed by atoms with van der Waals surface area (Å²) in [5.41, 5.74) is 8.86. The second kappa shape index (κ2) is 4.98. The number of aliphatic hydroxyl groups excluding tert-OH is 1. The van der Waals surface area contributed by atoms with Gasteiger partial charge in [0.15, 0.2) is 0 Å². The lowest BCUT2D eigenvalue weighted by atomic mass is 9.77. The zero-order valence-electron chi connectivity index (χ0n) is 10.7. The molecule has 2 heteroatoms. The molecule has 0 saturated heterocycles. The first kappa shape index (κ1) is 13.2. The Morgan fingerprint density at radius 3 is 2.50 bits per heavy atom. The summed E-state index contributed by atoms with van der Waals surface area (Å²) in [4.78, 5) is 0. The maximum absolute atomic E-state index is 10.5. The third-order valence-corrected chi connectivity index (χ3v) is 3.66.